The van der Waals surface area contributed by atoms with Crippen molar-refractivity contribution < 1.29 is 13.3 Å². The predicted octanol–water partition coefficient (Wildman–Crippen LogP) is 2.24. The number of nitro groups is 1. The topological polar surface area (TPSA) is 133 Å². The van der Waals surface area contributed by atoms with Crippen LogP contribution >= 0.6 is 11.6 Å². The third-order valence-corrected chi connectivity index (χ3v) is 5.09. The first-order valence-electron chi connectivity index (χ1n) is 7.51. The fraction of sp³-hybridized carbons (Fsp3) is 0.133. The van der Waals surface area contributed by atoms with Crippen LogP contribution in [-0.4, -0.2) is 39.8 Å². The van der Waals surface area contributed by atoms with Gasteiger partial charge in [0.1, 0.15) is 5.02 Å². The van der Waals surface area contributed by atoms with E-state index in [1.165, 1.54) is 28.9 Å². The van der Waals surface area contributed by atoms with Gasteiger partial charge in [0.2, 0.25) is 0 Å². The standard InChI is InChI=1S/C15H13ClN6O4S/c1-27(25,26)12-5-3-11(4-6-12)21-15(18-19-20-21)9-17-10-2-7-13(16)14(8-10)22(23)24/h2-8,17H,9H2,1H3. The number of nitrogens with one attached hydrogen (secondary N) is 1. The molecular weight excluding hydrogens is 396 g/mol. The summed E-state index contributed by atoms with van der Waals surface area (Å²) in [5.41, 5.74) is 0.844. The summed E-state index contributed by atoms with van der Waals surface area (Å²) < 4.78 is 24.5. The van der Waals surface area contributed by atoms with Gasteiger partial charge in [0.15, 0.2) is 15.7 Å². The average molecular weight is 409 g/mol. The van der Waals surface area contributed by atoms with Gasteiger partial charge in [-0.3, -0.25) is 10.1 Å². The van der Waals surface area contributed by atoms with Crippen LogP contribution in [0, 0.1) is 10.1 Å². The second-order valence-corrected chi connectivity index (χ2v) is 7.97. The molecule has 0 aliphatic carbocycles. The molecule has 1 N–H and O–H groups in total. The lowest BCUT2D eigenvalue weighted by atomic mass is 10.2. The molecule has 2 aromatic carbocycles. The van der Waals surface area contributed by atoms with Gasteiger partial charge in [-0.15, -0.1) is 5.10 Å². The zero-order valence-corrected chi connectivity index (χ0v) is 15.5. The molecule has 0 saturated carbocycles. The first-order chi connectivity index (χ1) is 12.8. The molecule has 140 valence electrons. The van der Waals surface area contributed by atoms with Crippen LogP contribution in [0.1, 0.15) is 5.82 Å². The first-order valence-corrected chi connectivity index (χ1v) is 9.78. The van der Waals surface area contributed by atoms with E-state index in [4.69, 9.17) is 11.6 Å². The molecule has 0 unspecified atom stereocenters. The Hall–Kier alpha value is -3.05. The summed E-state index contributed by atoms with van der Waals surface area (Å²) in [5.74, 6) is 0.430. The number of aromatic nitrogens is 4. The van der Waals surface area contributed by atoms with Crippen molar-refractivity contribution in [1.29, 1.82) is 0 Å². The summed E-state index contributed by atoms with van der Waals surface area (Å²) in [7, 11) is -3.30. The molecular formula is C15H13ClN6O4S. The molecule has 0 aliphatic heterocycles. The number of nitrogens with zero attached hydrogens (tertiary/aromatic N) is 5. The van der Waals surface area contributed by atoms with Crippen LogP contribution in [-0.2, 0) is 16.4 Å². The van der Waals surface area contributed by atoms with Crippen molar-refractivity contribution in [1.82, 2.24) is 20.2 Å². The molecule has 27 heavy (non-hydrogen) atoms. The minimum absolute atomic E-state index is 0.0429. The molecule has 0 aliphatic rings. The zero-order chi connectivity index (χ0) is 19.6. The second kappa shape index (κ2) is 7.29. The SMILES string of the molecule is CS(=O)(=O)c1ccc(-n2nnnc2CNc2ccc(Cl)c([N+](=O)[O-])c2)cc1. The van der Waals surface area contributed by atoms with E-state index in [2.05, 4.69) is 20.8 Å². The van der Waals surface area contributed by atoms with Crippen molar-refractivity contribution in [2.75, 3.05) is 11.6 Å². The van der Waals surface area contributed by atoms with Crippen molar-refractivity contribution in [3.63, 3.8) is 0 Å². The van der Waals surface area contributed by atoms with Crippen LogP contribution in [0.25, 0.3) is 5.69 Å². The van der Waals surface area contributed by atoms with Crippen LogP contribution in [0.4, 0.5) is 11.4 Å². The fourth-order valence-electron chi connectivity index (χ4n) is 2.29. The largest absolute Gasteiger partial charge is 0.377 e. The van der Waals surface area contributed by atoms with E-state index >= 15 is 0 Å². The quantitative estimate of drug-likeness (QED) is 0.485. The van der Waals surface area contributed by atoms with E-state index in [1.54, 1.807) is 18.2 Å². The molecule has 12 heteroatoms. The van der Waals surface area contributed by atoms with Crippen molar-refractivity contribution >= 4 is 32.8 Å². The lowest BCUT2D eigenvalue weighted by Crippen LogP contribution is -2.09. The van der Waals surface area contributed by atoms with Gasteiger partial charge in [-0.1, -0.05) is 11.6 Å². The Kier molecular flexibility index (Phi) is 5.06. The summed E-state index contributed by atoms with van der Waals surface area (Å²) in [6, 6.07) is 10.4. The summed E-state index contributed by atoms with van der Waals surface area (Å²) in [4.78, 5) is 10.6. The van der Waals surface area contributed by atoms with Gasteiger partial charge in [-0.05, 0) is 46.8 Å². The van der Waals surface area contributed by atoms with Gasteiger partial charge in [-0.25, -0.2) is 8.42 Å². The van der Waals surface area contributed by atoms with Crippen LogP contribution in [0.5, 0.6) is 0 Å². The lowest BCUT2D eigenvalue weighted by molar-refractivity contribution is -0.384. The molecule has 1 aromatic heterocycles. The van der Waals surface area contributed by atoms with E-state index in [1.807, 2.05) is 0 Å². The van der Waals surface area contributed by atoms with Crippen LogP contribution in [0.15, 0.2) is 47.4 Å². The van der Waals surface area contributed by atoms with Crippen molar-refractivity contribution in [3.05, 3.63) is 63.4 Å². The van der Waals surface area contributed by atoms with Gasteiger partial charge < -0.3 is 5.32 Å². The third-order valence-electron chi connectivity index (χ3n) is 3.64. The van der Waals surface area contributed by atoms with Gasteiger partial charge >= 0.3 is 0 Å². The van der Waals surface area contributed by atoms with E-state index in [0.29, 0.717) is 17.2 Å². The predicted molar refractivity (Wildman–Crippen MR) is 97.7 cm³/mol. The summed E-state index contributed by atoms with van der Waals surface area (Å²) in [5, 5.41) is 25.4. The molecule has 1 heterocycles. The Bertz CT molecular complexity index is 1100. The number of sulfone groups is 1. The Morgan fingerprint density at radius 1 is 1.22 bits per heavy atom. The number of hydrogen-bond acceptors (Lipinski definition) is 8. The minimum Gasteiger partial charge on any atom is -0.377 e. The molecule has 0 radical (unpaired) electrons. The average Bonchev–Trinajstić information content (AvgIpc) is 3.08. The van der Waals surface area contributed by atoms with E-state index in [-0.39, 0.29) is 22.2 Å². The number of hydrogen-bond donors (Lipinski definition) is 1. The highest BCUT2D eigenvalue weighted by molar-refractivity contribution is 7.90. The molecule has 3 rings (SSSR count). The van der Waals surface area contributed by atoms with Gasteiger partial charge in [-0.2, -0.15) is 4.68 Å². The van der Waals surface area contributed by atoms with E-state index in [0.717, 1.165) is 6.26 Å². The monoisotopic (exact) mass is 408 g/mol. The fourth-order valence-corrected chi connectivity index (χ4v) is 3.11. The highest BCUT2D eigenvalue weighted by Gasteiger charge is 2.14. The number of nitro benzene ring substituents is 1. The van der Waals surface area contributed by atoms with Crippen molar-refractivity contribution in [2.24, 2.45) is 0 Å². The van der Waals surface area contributed by atoms with E-state index in [9.17, 15) is 18.5 Å². The molecule has 0 fully saturated rings. The smallest absolute Gasteiger partial charge is 0.289 e. The maximum absolute atomic E-state index is 11.5. The molecule has 3 aromatic rings. The van der Waals surface area contributed by atoms with E-state index < -0.39 is 14.8 Å². The third kappa shape index (κ3) is 4.20. The van der Waals surface area contributed by atoms with Gasteiger partial charge in [0, 0.05) is 18.0 Å². The Labute approximate surface area is 158 Å². The second-order valence-electron chi connectivity index (χ2n) is 5.55. The summed E-state index contributed by atoms with van der Waals surface area (Å²) in [6.45, 7) is 0.180. The first kappa shape index (κ1) is 18.7. The van der Waals surface area contributed by atoms with Gasteiger partial charge in [0.05, 0.1) is 22.1 Å². The maximum atomic E-state index is 11.5. The number of rotatable bonds is 6. The van der Waals surface area contributed by atoms with Crippen LogP contribution in [0.2, 0.25) is 5.02 Å². The maximum Gasteiger partial charge on any atom is 0.289 e. The number of benzene rings is 2. The Morgan fingerprint density at radius 2 is 1.93 bits per heavy atom. The number of tetrazole rings is 1. The Balaban J connectivity index is 1.80. The molecule has 0 atom stereocenters. The normalized spacial score (nSPS) is 11.3. The molecule has 0 bridgehead atoms. The molecule has 0 amide bonds. The summed E-state index contributed by atoms with van der Waals surface area (Å²) in [6.07, 6.45) is 1.12. The van der Waals surface area contributed by atoms with Gasteiger partial charge in [0.25, 0.3) is 5.69 Å². The number of halogens is 1. The highest BCUT2D eigenvalue weighted by atomic mass is 35.5. The van der Waals surface area contributed by atoms with Crippen molar-refractivity contribution in [3.8, 4) is 5.69 Å². The summed E-state index contributed by atoms with van der Waals surface area (Å²) >= 11 is 5.79. The number of anilines is 1. The molecule has 0 spiro atoms. The van der Waals surface area contributed by atoms with Crippen LogP contribution < -0.4 is 5.32 Å². The minimum atomic E-state index is -3.30. The molecule has 0 saturated heterocycles. The molecule has 10 nitrogen and oxygen atoms in total. The van der Waals surface area contributed by atoms with Crippen LogP contribution in [0.3, 0.4) is 0 Å². The zero-order valence-electron chi connectivity index (χ0n) is 13.9. The Morgan fingerprint density at radius 3 is 2.56 bits per heavy atom. The van der Waals surface area contributed by atoms with Crippen molar-refractivity contribution in [2.45, 2.75) is 11.4 Å². The highest BCUT2D eigenvalue weighted by Crippen LogP contribution is 2.27. The lowest BCUT2D eigenvalue weighted by Gasteiger charge is -2.08.